The van der Waals surface area contributed by atoms with Crippen molar-refractivity contribution in [3.8, 4) is 11.5 Å². The minimum absolute atomic E-state index is 0.0242. The summed E-state index contributed by atoms with van der Waals surface area (Å²) in [6.45, 7) is 7.22. The summed E-state index contributed by atoms with van der Waals surface area (Å²) in [5.41, 5.74) is 4.90. The lowest BCUT2D eigenvalue weighted by molar-refractivity contribution is -0.125. The van der Waals surface area contributed by atoms with Crippen LogP contribution >= 0.6 is 11.6 Å². The Morgan fingerprint density at radius 3 is 2.35 bits per heavy atom. The van der Waals surface area contributed by atoms with Crippen molar-refractivity contribution in [2.75, 3.05) is 50.1 Å². The molecule has 0 spiro atoms. The number of amides is 2. The number of anilines is 2. The molecule has 1 saturated heterocycles. The van der Waals surface area contributed by atoms with Gasteiger partial charge < -0.3 is 24.6 Å². The molecule has 0 bridgehead atoms. The van der Waals surface area contributed by atoms with Crippen LogP contribution in [0.4, 0.5) is 11.4 Å². The van der Waals surface area contributed by atoms with E-state index in [4.69, 9.17) is 21.1 Å². The molecule has 2 amide bonds. The van der Waals surface area contributed by atoms with Crippen LogP contribution in [0.3, 0.4) is 0 Å². The first-order chi connectivity index (χ1) is 22.2. The van der Waals surface area contributed by atoms with E-state index in [1.165, 1.54) is 12.8 Å². The summed E-state index contributed by atoms with van der Waals surface area (Å²) in [4.78, 5) is 32.4. The zero-order chi connectivity index (χ0) is 32.4. The summed E-state index contributed by atoms with van der Waals surface area (Å²) in [6, 6.07) is 20.2. The third-order valence-electron chi connectivity index (χ3n) is 9.64. The number of ether oxygens (including phenoxy) is 2. The molecule has 1 atom stereocenters. The van der Waals surface area contributed by atoms with Crippen LogP contribution < -0.4 is 24.6 Å². The van der Waals surface area contributed by atoms with Crippen molar-refractivity contribution < 1.29 is 19.1 Å². The number of hydrogen-bond acceptors (Lipinski definition) is 6. The standard InChI is InChI=1S/C37H45ClN4O4/c1-24(2)46-34-21-32-27(19-33(34)45-4)20-36(44)42(37(32)26-7-9-28(38)10-8-26)31-15-13-29(14-16-31)40(3)22-25-5-11-30(12-6-25)41-18-17-39-35(43)23-41/h7-10,13-16,19,21,24-25,30,37H,5-6,11-12,17-18,20,22-23H2,1-4H3,(H,39,43). The third kappa shape index (κ3) is 6.98. The van der Waals surface area contributed by atoms with Crippen molar-refractivity contribution in [1.29, 1.82) is 0 Å². The highest BCUT2D eigenvalue weighted by Gasteiger charge is 2.36. The highest BCUT2D eigenvalue weighted by molar-refractivity contribution is 6.30. The van der Waals surface area contributed by atoms with Gasteiger partial charge in [-0.25, -0.2) is 0 Å². The molecular formula is C37H45ClN4O4. The van der Waals surface area contributed by atoms with Gasteiger partial charge in [-0.05, 0) is 111 Å². The van der Waals surface area contributed by atoms with E-state index in [-0.39, 0.29) is 30.4 Å². The molecule has 6 rings (SSSR count). The Hall–Kier alpha value is -3.75. The summed E-state index contributed by atoms with van der Waals surface area (Å²) in [6.07, 6.45) is 4.87. The van der Waals surface area contributed by atoms with Gasteiger partial charge in [0.05, 0.1) is 32.2 Å². The van der Waals surface area contributed by atoms with Crippen molar-refractivity contribution in [3.63, 3.8) is 0 Å². The van der Waals surface area contributed by atoms with Crippen molar-refractivity contribution in [2.24, 2.45) is 5.92 Å². The first-order valence-corrected chi connectivity index (χ1v) is 16.8. The molecule has 1 aliphatic carbocycles. The number of nitrogens with one attached hydrogen (secondary N) is 1. The maximum atomic E-state index is 13.9. The van der Waals surface area contributed by atoms with Crippen LogP contribution in [-0.2, 0) is 16.0 Å². The van der Waals surface area contributed by atoms with Crippen LogP contribution in [0.5, 0.6) is 11.5 Å². The zero-order valence-corrected chi connectivity index (χ0v) is 28.1. The van der Waals surface area contributed by atoms with Gasteiger partial charge in [-0.15, -0.1) is 0 Å². The number of carbonyl (C=O) groups excluding carboxylic acids is 2. The van der Waals surface area contributed by atoms with E-state index in [0.29, 0.717) is 35.0 Å². The average molecular weight is 645 g/mol. The van der Waals surface area contributed by atoms with Gasteiger partial charge in [0, 0.05) is 49.1 Å². The van der Waals surface area contributed by atoms with Crippen molar-refractivity contribution in [1.82, 2.24) is 10.2 Å². The summed E-state index contributed by atoms with van der Waals surface area (Å²) in [7, 11) is 3.78. The molecule has 1 unspecified atom stereocenters. The third-order valence-corrected chi connectivity index (χ3v) is 9.89. The number of methoxy groups -OCH3 is 1. The second-order valence-electron chi connectivity index (χ2n) is 13.2. The predicted octanol–water partition coefficient (Wildman–Crippen LogP) is 6.24. The van der Waals surface area contributed by atoms with Gasteiger partial charge >= 0.3 is 0 Å². The number of fused-ring (bicyclic) bond motifs is 1. The van der Waals surface area contributed by atoms with Gasteiger partial charge in [0.15, 0.2) is 11.5 Å². The van der Waals surface area contributed by atoms with Crippen LogP contribution in [0.2, 0.25) is 5.02 Å². The maximum absolute atomic E-state index is 13.9. The SMILES string of the molecule is COc1cc2c(cc1OC(C)C)C(c1ccc(Cl)cc1)N(c1ccc(N(C)CC3CCC(N4CCNC(=O)C4)CC3)cc1)C(=O)C2. The fourth-order valence-corrected chi connectivity index (χ4v) is 7.48. The topological polar surface area (TPSA) is 74.4 Å². The lowest BCUT2D eigenvalue weighted by Gasteiger charge is -2.39. The minimum atomic E-state index is -0.348. The minimum Gasteiger partial charge on any atom is -0.493 e. The molecular weight excluding hydrogens is 600 g/mol. The number of hydrogen-bond donors (Lipinski definition) is 1. The van der Waals surface area contributed by atoms with Gasteiger partial charge in [0.1, 0.15) is 0 Å². The zero-order valence-electron chi connectivity index (χ0n) is 27.3. The number of rotatable bonds is 9. The molecule has 0 radical (unpaired) electrons. The fraction of sp³-hybridized carbons (Fsp3) is 0.459. The van der Waals surface area contributed by atoms with E-state index in [1.807, 2.05) is 55.1 Å². The lowest BCUT2D eigenvalue weighted by atomic mass is 9.84. The van der Waals surface area contributed by atoms with Crippen molar-refractivity contribution >= 4 is 34.8 Å². The van der Waals surface area contributed by atoms with E-state index >= 15 is 0 Å². The Balaban J connectivity index is 1.21. The predicted molar refractivity (Wildman–Crippen MR) is 183 cm³/mol. The number of benzene rings is 3. The number of halogens is 1. The number of carbonyl (C=O) groups is 2. The highest BCUT2D eigenvalue weighted by atomic mass is 35.5. The number of nitrogens with zero attached hydrogens (tertiary/aromatic N) is 3. The van der Waals surface area contributed by atoms with Crippen LogP contribution in [0.1, 0.15) is 62.3 Å². The van der Waals surface area contributed by atoms with E-state index in [9.17, 15) is 9.59 Å². The highest BCUT2D eigenvalue weighted by Crippen LogP contribution is 2.44. The summed E-state index contributed by atoms with van der Waals surface area (Å²) < 4.78 is 11.8. The first-order valence-electron chi connectivity index (χ1n) is 16.5. The van der Waals surface area contributed by atoms with Gasteiger partial charge in [0.2, 0.25) is 11.8 Å². The van der Waals surface area contributed by atoms with E-state index in [0.717, 1.165) is 60.5 Å². The Morgan fingerprint density at radius 2 is 1.70 bits per heavy atom. The molecule has 3 aromatic rings. The molecule has 1 saturated carbocycles. The molecule has 46 heavy (non-hydrogen) atoms. The monoisotopic (exact) mass is 644 g/mol. The Kier molecular flexibility index (Phi) is 9.76. The van der Waals surface area contributed by atoms with E-state index in [2.05, 4.69) is 46.4 Å². The maximum Gasteiger partial charge on any atom is 0.234 e. The first kappa shape index (κ1) is 32.2. The molecule has 2 heterocycles. The fourth-order valence-electron chi connectivity index (χ4n) is 7.35. The average Bonchev–Trinajstić information content (AvgIpc) is 3.05. The normalized spacial score (nSPS) is 22.0. The molecule has 8 nitrogen and oxygen atoms in total. The second-order valence-corrected chi connectivity index (χ2v) is 13.6. The van der Waals surface area contributed by atoms with Crippen LogP contribution in [0.25, 0.3) is 0 Å². The van der Waals surface area contributed by atoms with E-state index in [1.54, 1.807) is 7.11 Å². The summed E-state index contributed by atoms with van der Waals surface area (Å²) >= 11 is 6.28. The van der Waals surface area contributed by atoms with E-state index < -0.39 is 0 Å². The Labute approximate surface area is 277 Å². The molecule has 244 valence electrons. The van der Waals surface area contributed by atoms with Gasteiger partial charge in [-0.1, -0.05) is 23.7 Å². The quantitative estimate of drug-likeness (QED) is 0.297. The number of piperazine rings is 1. The van der Waals surface area contributed by atoms with Gasteiger partial charge in [-0.2, -0.15) is 0 Å². The van der Waals surface area contributed by atoms with Crippen molar-refractivity contribution in [3.05, 3.63) is 82.4 Å². The Bertz CT molecular complexity index is 1540. The van der Waals surface area contributed by atoms with Crippen LogP contribution in [0, 0.1) is 5.92 Å². The largest absolute Gasteiger partial charge is 0.493 e. The van der Waals surface area contributed by atoms with Gasteiger partial charge in [0.25, 0.3) is 0 Å². The lowest BCUT2D eigenvalue weighted by Crippen LogP contribution is -2.52. The molecule has 3 aliphatic rings. The molecule has 9 heteroatoms. The molecule has 3 aromatic carbocycles. The molecule has 2 fully saturated rings. The molecule has 2 aliphatic heterocycles. The Morgan fingerprint density at radius 1 is 0.978 bits per heavy atom. The summed E-state index contributed by atoms with van der Waals surface area (Å²) in [5.74, 6) is 2.08. The smallest absolute Gasteiger partial charge is 0.234 e. The van der Waals surface area contributed by atoms with Crippen molar-refractivity contribution in [2.45, 2.75) is 64.1 Å². The second kappa shape index (κ2) is 13.9. The molecule has 0 aromatic heterocycles. The van der Waals surface area contributed by atoms with Crippen LogP contribution in [0.15, 0.2) is 60.7 Å². The molecule has 1 N–H and O–H groups in total. The van der Waals surface area contributed by atoms with Gasteiger partial charge in [-0.3, -0.25) is 14.5 Å². The van der Waals surface area contributed by atoms with Crippen LogP contribution in [-0.4, -0.2) is 69.2 Å². The summed E-state index contributed by atoms with van der Waals surface area (Å²) in [5, 5.41) is 3.59.